The Morgan fingerprint density at radius 1 is 1.26 bits per heavy atom. The Morgan fingerprint density at radius 3 is 2.78 bits per heavy atom. The number of piperidine rings is 1. The molecule has 0 aliphatic carbocycles. The molecule has 144 valence electrons. The summed E-state index contributed by atoms with van der Waals surface area (Å²) in [6.45, 7) is 2.93. The first-order valence-electron chi connectivity index (χ1n) is 9.48. The first-order valence-corrected chi connectivity index (χ1v) is 9.48. The number of aromatic nitrogens is 4. The molecule has 4 heterocycles. The summed E-state index contributed by atoms with van der Waals surface area (Å²) in [7, 11) is 1.79. The van der Waals surface area contributed by atoms with Gasteiger partial charge in [0.15, 0.2) is 5.82 Å². The maximum Gasteiger partial charge on any atom is 0.323 e. The van der Waals surface area contributed by atoms with E-state index in [9.17, 15) is 9.59 Å². The lowest BCUT2D eigenvalue weighted by Gasteiger charge is -2.31. The summed E-state index contributed by atoms with van der Waals surface area (Å²) in [5.74, 6) is 0.919. The van der Waals surface area contributed by atoms with Gasteiger partial charge < -0.3 is 10.2 Å². The monoisotopic (exact) mass is 371 g/mol. The van der Waals surface area contributed by atoms with Crippen molar-refractivity contribution in [3.05, 3.63) is 29.7 Å². The van der Waals surface area contributed by atoms with Crippen LogP contribution in [0.5, 0.6) is 0 Å². The molecule has 1 saturated heterocycles. The number of carbonyl (C=O) groups is 2. The number of nitrogens with zero attached hydrogens (tertiary/aromatic N) is 5. The van der Waals surface area contributed by atoms with Crippen molar-refractivity contribution in [3.8, 4) is 0 Å². The number of nitrogens with one attached hydrogen (secondary N) is 2. The van der Waals surface area contributed by atoms with Gasteiger partial charge in [-0.05, 0) is 31.6 Å². The highest BCUT2D eigenvalue weighted by atomic mass is 16.2. The van der Waals surface area contributed by atoms with Crippen LogP contribution in [0.1, 0.15) is 35.3 Å². The van der Waals surface area contributed by atoms with E-state index in [4.69, 9.17) is 0 Å². The minimum absolute atomic E-state index is 0.0929. The zero-order chi connectivity index (χ0) is 18.8. The molecule has 2 N–H and O–H groups in total. The maximum absolute atomic E-state index is 12.4. The van der Waals surface area contributed by atoms with Crippen LogP contribution < -0.4 is 10.6 Å². The fourth-order valence-corrected chi connectivity index (χ4v) is 3.73. The molecule has 0 radical (unpaired) electrons. The van der Waals surface area contributed by atoms with Crippen molar-refractivity contribution in [2.45, 2.75) is 32.2 Å². The van der Waals surface area contributed by atoms with Crippen LogP contribution in [-0.2, 0) is 20.0 Å². The third kappa shape index (κ3) is 3.96. The Balaban J connectivity index is 1.21. The van der Waals surface area contributed by atoms with E-state index < -0.39 is 0 Å². The molecule has 0 atom stereocenters. The van der Waals surface area contributed by atoms with E-state index in [2.05, 4.69) is 20.8 Å². The van der Waals surface area contributed by atoms with E-state index >= 15 is 0 Å². The molecule has 0 saturated carbocycles. The molecule has 27 heavy (non-hydrogen) atoms. The second kappa shape index (κ2) is 7.42. The van der Waals surface area contributed by atoms with Gasteiger partial charge in [0.25, 0.3) is 5.91 Å². The zero-order valence-electron chi connectivity index (χ0n) is 15.5. The van der Waals surface area contributed by atoms with E-state index in [1.807, 2.05) is 15.6 Å². The summed E-state index contributed by atoms with van der Waals surface area (Å²) in [6.07, 6.45) is 7.17. The number of aryl methyl sites for hydroxylation is 3. The topological polar surface area (TPSA) is 97.1 Å². The normalized spacial score (nSPS) is 17.0. The van der Waals surface area contributed by atoms with E-state index in [0.717, 1.165) is 32.2 Å². The fourth-order valence-electron chi connectivity index (χ4n) is 3.73. The number of likely N-dealkylation sites (tertiary alicyclic amines) is 1. The van der Waals surface area contributed by atoms with Gasteiger partial charge in [0.2, 0.25) is 0 Å². The predicted octanol–water partition coefficient (Wildman–Crippen LogP) is 1.24. The lowest BCUT2D eigenvalue weighted by atomic mass is 9.97. The Hall–Kier alpha value is -2.84. The largest absolute Gasteiger partial charge is 0.352 e. The smallest absolute Gasteiger partial charge is 0.323 e. The van der Waals surface area contributed by atoms with Gasteiger partial charge in [-0.3, -0.25) is 19.5 Å². The molecular weight excluding hydrogens is 346 g/mol. The van der Waals surface area contributed by atoms with Crippen molar-refractivity contribution in [1.29, 1.82) is 0 Å². The van der Waals surface area contributed by atoms with Crippen LogP contribution in [0.3, 0.4) is 0 Å². The number of anilines is 1. The predicted molar refractivity (Wildman–Crippen MR) is 99.4 cm³/mol. The third-order valence-corrected chi connectivity index (χ3v) is 5.32. The number of hydrogen-bond donors (Lipinski definition) is 2. The molecule has 0 bridgehead atoms. The summed E-state index contributed by atoms with van der Waals surface area (Å²) in [4.78, 5) is 26.4. The molecule has 0 unspecified atom stereocenters. The van der Waals surface area contributed by atoms with Gasteiger partial charge in [0, 0.05) is 51.2 Å². The van der Waals surface area contributed by atoms with Crippen molar-refractivity contribution in [1.82, 2.24) is 29.8 Å². The van der Waals surface area contributed by atoms with E-state index in [-0.39, 0.29) is 11.9 Å². The quantitative estimate of drug-likeness (QED) is 0.845. The standard InChI is InChI=1S/C18H25N7O2/c1-23-12-14(11-20-23)17(26)19-10-13-4-7-24(8-5-13)18(27)21-16-9-15-3-2-6-25(15)22-16/h9,11-13H,2-8,10H2,1H3,(H,19,26)(H,21,22,27). The Labute approximate surface area is 157 Å². The highest BCUT2D eigenvalue weighted by Gasteiger charge is 2.24. The number of urea groups is 1. The molecule has 2 aliphatic rings. The van der Waals surface area contributed by atoms with Crippen molar-refractivity contribution < 1.29 is 9.59 Å². The molecule has 2 aromatic rings. The van der Waals surface area contributed by atoms with Crippen molar-refractivity contribution in [2.24, 2.45) is 13.0 Å². The summed E-state index contributed by atoms with van der Waals surface area (Å²) in [6, 6.07) is 1.87. The van der Waals surface area contributed by atoms with E-state index in [0.29, 0.717) is 36.9 Å². The summed E-state index contributed by atoms with van der Waals surface area (Å²) < 4.78 is 3.58. The molecule has 0 spiro atoms. The second-order valence-corrected chi connectivity index (χ2v) is 7.32. The van der Waals surface area contributed by atoms with Crippen LogP contribution in [0.25, 0.3) is 0 Å². The molecule has 2 aliphatic heterocycles. The van der Waals surface area contributed by atoms with Gasteiger partial charge in [-0.2, -0.15) is 10.2 Å². The summed E-state index contributed by atoms with van der Waals surface area (Å²) in [5.41, 5.74) is 1.76. The first-order chi connectivity index (χ1) is 13.1. The van der Waals surface area contributed by atoms with Crippen LogP contribution in [0, 0.1) is 5.92 Å². The molecule has 0 aromatic carbocycles. The summed E-state index contributed by atoms with van der Waals surface area (Å²) in [5, 5.41) is 14.3. The highest BCUT2D eigenvalue weighted by molar-refractivity contribution is 5.93. The lowest BCUT2D eigenvalue weighted by Crippen LogP contribution is -2.43. The lowest BCUT2D eigenvalue weighted by molar-refractivity contribution is 0.0938. The first kappa shape index (κ1) is 17.6. The Morgan fingerprint density at radius 2 is 2.07 bits per heavy atom. The SMILES string of the molecule is Cn1cc(C(=O)NCC2CCN(C(=O)Nc3cc4n(n3)CCC4)CC2)cn1. The molecule has 4 rings (SSSR count). The average Bonchev–Trinajstić information content (AvgIpc) is 3.36. The number of hydrogen-bond acceptors (Lipinski definition) is 4. The van der Waals surface area contributed by atoms with Crippen LogP contribution in [0.15, 0.2) is 18.5 Å². The Kier molecular flexibility index (Phi) is 4.83. The van der Waals surface area contributed by atoms with Crippen LogP contribution in [0.2, 0.25) is 0 Å². The molecular formula is C18H25N7O2. The van der Waals surface area contributed by atoms with Gasteiger partial charge in [0.05, 0.1) is 11.8 Å². The number of amides is 3. The van der Waals surface area contributed by atoms with Gasteiger partial charge in [-0.1, -0.05) is 0 Å². The van der Waals surface area contributed by atoms with Gasteiger partial charge in [0.1, 0.15) is 0 Å². The van der Waals surface area contributed by atoms with Crippen LogP contribution in [-0.4, -0.2) is 56.0 Å². The third-order valence-electron chi connectivity index (χ3n) is 5.32. The van der Waals surface area contributed by atoms with Crippen molar-refractivity contribution >= 4 is 17.8 Å². The van der Waals surface area contributed by atoms with Gasteiger partial charge in [-0.25, -0.2) is 4.79 Å². The molecule has 9 nitrogen and oxygen atoms in total. The van der Waals surface area contributed by atoms with E-state index in [1.54, 1.807) is 24.1 Å². The van der Waals surface area contributed by atoms with Crippen LogP contribution in [0.4, 0.5) is 10.6 Å². The molecule has 1 fully saturated rings. The van der Waals surface area contributed by atoms with E-state index in [1.165, 1.54) is 5.69 Å². The zero-order valence-corrected chi connectivity index (χ0v) is 15.5. The minimum Gasteiger partial charge on any atom is -0.352 e. The highest BCUT2D eigenvalue weighted by Crippen LogP contribution is 2.20. The molecule has 9 heteroatoms. The van der Waals surface area contributed by atoms with Crippen LogP contribution >= 0.6 is 0 Å². The average molecular weight is 371 g/mol. The number of rotatable bonds is 4. The number of carbonyl (C=O) groups excluding carboxylic acids is 2. The van der Waals surface area contributed by atoms with Crippen molar-refractivity contribution in [2.75, 3.05) is 25.0 Å². The second-order valence-electron chi connectivity index (χ2n) is 7.32. The molecule has 2 aromatic heterocycles. The van der Waals surface area contributed by atoms with Gasteiger partial charge >= 0.3 is 6.03 Å². The molecule has 3 amide bonds. The Bertz CT molecular complexity index is 811. The minimum atomic E-state index is -0.101. The number of fused-ring (bicyclic) bond motifs is 1. The van der Waals surface area contributed by atoms with Crippen molar-refractivity contribution in [3.63, 3.8) is 0 Å². The maximum atomic E-state index is 12.4. The van der Waals surface area contributed by atoms with Gasteiger partial charge in [-0.15, -0.1) is 0 Å². The summed E-state index contributed by atoms with van der Waals surface area (Å²) >= 11 is 0. The fraction of sp³-hybridized carbons (Fsp3) is 0.556.